The largest absolute Gasteiger partial charge is 0.421 e. The summed E-state index contributed by atoms with van der Waals surface area (Å²) in [5, 5.41) is 9.02. The first-order chi connectivity index (χ1) is 22.9. The van der Waals surface area contributed by atoms with Gasteiger partial charge in [0.2, 0.25) is 16.0 Å². The number of alkyl halides is 3. The first-order valence-corrected chi connectivity index (χ1v) is 17.3. The number of aromatic nitrogens is 2. The molecule has 1 aliphatic heterocycles. The van der Waals surface area contributed by atoms with Crippen LogP contribution in [0.25, 0.3) is 0 Å². The van der Waals surface area contributed by atoms with Crippen LogP contribution in [0.2, 0.25) is 0 Å². The maximum absolute atomic E-state index is 13.9. The maximum Gasteiger partial charge on any atom is 0.421 e. The summed E-state index contributed by atoms with van der Waals surface area (Å²) in [6.07, 6.45) is 2.44. The van der Waals surface area contributed by atoms with Gasteiger partial charge in [-0.05, 0) is 87.3 Å². The van der Waals surface area contributed by atoms with E-state index in [-0.39, 0.29) is 16.5 Å². The number of benzene rings is 3. The molecular weight excluding hydrogens is 639 g/mol. The van der Waals surface area contributed by atoms with Crippen LogP contribution < -0.4 is 20.7 Å². The number of likely N-dealkylation sites (tertiary alicyclic amines) is 1. The normalized spacial score (nSPS) is 15.6. The van der Waals surface area contributed by atoms with E-state index in [0.717, 1.165) is 37.2 Å². The van der Waals surface area contributed by atoms with E-state index < -0.39 is 33.6 Å². The summed E-state index contributed by atoms with van der Waals surface area (Å²) in [7, 11) is -4.02. The van der Waals surface area contributed by atoms with Gasteiger partial charge in [-0.2, -0.15) is 18.2 Å². The van der Waals surface area contributed by atoms with Crippen molar-refractivity contribution in [3.8, 4) is 0 Å². The van der Waals surface area contributed by atoms with Gasteiger partial charge in [-0.25, -0.2) is 18.1 Å². The standard InChI is InChI=1S/C35H40F3N7O2S/c1-4-18-45-19-8-10-27(23-45)26-9-7-11-29(20-26)39-21-25-14-16-28(17-15-25)41-34-40-22-30(35(36,37)38)33(43-34)42-31-12-5-6-13-32(31)48(46,47)44-24(2)3/h4-7,9,11-18,20,22,24,27,39,44H,8,10,19,21,23H2,1-3H3,(H2,40,41,42,43). The molecule has 3 aromatic carbocycles. The van der Waals surface area contributed by atoms with Crippen molar-refractivity contribution in [1.29, 1.82) is 0 Å². The molecule has 4 N–H and O–H groups in total. The van der Waals surface area contributed by atoms with Crippen LogP contribution in [0.4, 0.5) is 42.0 Å². The second-order valence-electron chi connectivity index (χ2n) is 12.0. The van der Waals surface area contributed by atoms with Crippen molar-refractivity contribution in [2.24, 2.45) is 0 Å². The molecular formula is C35H40F3N7O2S. The van der Waals surface area contributed by atoms with E-state index in [4.69, 9.17) is 0 Å². The molecule has 1 fully saturated rings. The third kappa shape index (κ3) is 9.04. The highest BCUT2D eigenvalue weighted by molar-refractivity contribution is 7.89. The predicted octanol–water partition coefficient (Wildman–Crippen LogP) is 7.99. The summed E-state index contributed by atoms with van der Waals surface area (Å²) < 4.78 is 70.0. The minimum atomic E-state index is -4.79. The van der Waals surface area contributed by atoms with E-state index in [2.05, 4.69) is 66.0 Å². The summed E-state index contributed by atoms with van der Waals surface area (Å²) >= 11 is 0. The third-order valence-electron chi connectivity index (χ3n) is 7.79. The van der Waals surface area contributed by atoms with Crippen LogP contribution in [0.1, 0.15) is 56.2 Å². The Morgan fingerprint density at radius 2 is 1.77 bits per heavy atom. The number of piperidine rings is 1. The van der Waals surface area contributed by atoms with Gasteiger partial charge in [0.25, 0.3) is 0 Å². The van der Waals surface area contributed by atoms with Crippen molar-refractivity contribution in [2.75, 3.05) is 29.0 Å². The summed E-state index contributed by atoms with van der Waals surface area (Å²) in [5.74, 6) is -0.197. The SMILES string of the molecule is CC=CN1CCCC(c2cccc(NCc3ccc(Nc4ncc(C(F)(F)F)c(Nc5ccccc5S(=O)(=O)NC(C)C)n4)cc3)c2)C1. The molecule has 9 nitrogen and oxygen atoms in total. The molecule has 4 aromatic rings. The predicted molar refractivity (Wildman–Crippen MR) is 184 cm³/mol. The van der Waals surface area contributed by atoms with Gasteiger partial charge >= 0.3 is 6.18 Å². The molecule has 0 bridgehead atoms. The van der Waals surface area contributed by atoms with Crippen LogP contribution in [-0.2, 0) is 22.7 Å². The van der Waals surface area contributed by atoms with Crippen LogP contribution in [0.5, 0.6) is 0 Å². The van der Waals surface area contributed by atoms with Crippen molar-refractivity contribution >= 4 is 38.9 Å². The molecule has 254 valence electrons. The lowest BCUT2D eigenvalue weighted by Crippen LogP contribution is -2.30. The zero-order valence-corrected chi connectivity index (χ0v) is 27.9. The van der Waals surface area contributed by atoms with E-state index >= 15 is 0 Å². The molecule has 5 rings (SSSR count). The Bertz CT molecular complexity index is 1830. The van der Waals surface area contributed by atoms with Gasteiger partial charge in [-0.1, -0.05) is 42.5 Å². The second kappa shape index (κ2) is 15.1. The number of hydrogen-bond donors (Lipinski definition) is 4. The van der Waals surface area contributed by atoms with E-state index in [0.29, 0.717) is 24.3 Å². The van der Waals surface area contributed by atoms with Gasteiger partial charge in [0, 0.05) is 49.2 Å². The summed E-state index contributed by atoms with van der Waals surface area (Å²) in [6, 6.07) is 21.2. The van der Waals surface area contributed by atoms with Gasteiger partial charge in [-0.15, -0.1) is 0 Å². The Morgan fingerprint density at radius 1 is 1.00 bits per heavy atom. The van der Waals surface area contributed by atoms with Crippen LogP contribution in [-0.4, -0.2) is 42.4 Å². The zero-order chi connectivity index (χ0) is 34.3. The third-order valence-corrected chi connectivity index (χ3v) is 9.51. The highest BCUT2D eigenvalue weighted by Crippen LogP contribution is 2.36. The number of halogens is 3. The highest BCUT2D eigenvalue weighted by atomic mass is 32.2. The fourth-order valence-electron chi connectivity index (χ4n) is 5.62. The number of sulfonamides is 1. The molecule has 1 saturated heterocycles. The first kappa shape index (κ1) is 34.7. The minimum absolute atomic E-state index is 0.0578. The number of anilines is 5. The molecule has 0 saturated carbocycles. The van der Waals surface area contributed by atoms with Gasteiger partial charge in [-0.3, -0.25) is 0 Å². The number of hydrogen-bond acceptors (Lipinski definition) is 8. The molecule has 0 radical (unpaired) electrons. The Morgan fingerprint density at radius 3 is 2.50 bits per heavy atom. The average molecular weight is 680 g/mol. The topological polar surface area (TPSA) is 111 Å². The molecule has 2 heterocycles. The van der Waals surface area contributed by atoms with Gasteiger partial charge in [0.05, 0.1) is 5.69 Å². The Labute approximate surface area is 279 Å². The van der Waals surface area contributed by atoms with E-state index in [1.807, 2.05) is 25.1 Å². The van der Waals surface area contributed by atoms with E-state index in [1.54, 1.807) is 26.0 Å². The molecule has 48 heavy (non-hydrogen) atoms. The van der Waals surface area contributed by atoms with Crippen molar-refractivity contribution in [1.82, 2.24) is 19.6 Å². The highest BCUT2D eigenvalue weighted by Gasteiger charge is 2.36. The van der Waals surface area contributed by atoms with Crippen molar-refractivity contribution in [3.05, 3.63) is 108 Å². The number of para-hydroxylation sites is 1. The van der Waals surface area contributed by atoms with Crippen LogP contribution in [0.15, 0.2) is 96.2 Å². The average Bonchev–Trinajstić information content (AvgIpc) is 3.04. The molecule has 13 heteroatoms. The molecule has 1 aliphatic rings. The molecule has 1 atom stereocenters. The molecule has 0 spiro atoms. The fourth-order valence-corrected chi connectivity index (χ4v) is 7.03. The second-order valence-corrected chi connectivity index (χ2v) is 13.7. The first-order valence-electron chi connectivity index (χ1n) is 15.8. The van der Waals surface area contributed by atoms with E-state index in [9.17, 15) is 21.6 Å². The monoisotopic (exact) mass is 679 g/mol. The summed E-state index contributed by atoms with van der Waals surface area (Å²) in [5.41, 5.74) is 2.73. The van der Waals surface area contributed by atoms with Gasteiger partial charge < -0.3 is 20.9 Å². The van der Waals surface area contributed by atoms with Crippen molar-refractivity contribution in [2.45, 2.75) is 63.2 Å². The maximum atomic E-state index is 13.9. The van der Waals surface area contributed by atoms with Gasteiger partial charge in [0.1, 0.15) is 16.3 Å². The Kier molecular flexibility index (Phi) is 10.9. The zero-order valence-electron chi connectivity index (χ0n) is 27.1. The lowest BCUT2D eigenvalue weighted by atomic mass is 9.90. The molecule has 1 unspecified atom stereocenters. The Hall–Kier alpha value is -4.62. The smallest absolute Gasteiger partial charge is 0.381 e. The summed E-state index contributed by atoms with van der Waals surface area (Å²) in [4.78, 5) is 10.1. The molecule has 1 aromatic heterocycles. The van der Waals surface area contributed by atoms with Crippen molar-refractivity contribution < 1.29 is 21.6 Å². The van der Waals surface area contributed by atoms with Crippen LogP contribution in [0.3, 0.4) is 0 Å². The minimum Gasteiger partial charge on any atom is -0.381 e. The quantitative estimate of drug-likeness (QED) is 0.119. The number of rotatable bonds is 12. The summed E-state index contributed by atoms with van der Waals surface area (Å²) in [6.45, 7) is 8.02. The Balaban J connectivity index is 1.27. The number of nitrogens with one attached hydrogen (secondary N) is 4. The van der Waals surface area contributed by atoms with Gasteiger partial charge in [0.15, 0.2) is 0 Å². The van der Waals surface area contributed by atoms with Crippen LogP contribution >= 0.6 is 0 Å². The molecule has 0 amide bonds. The van der Waals surface area contributed by atoms with Crippen molar-refractivity contribution in [3.63, 3.8) is 0 Å². The number of allylic oxidation sites excluding steroid dienone is 1. The fraction of sp³-hybridized carbons (Fsp3) is 0.314. The van der Waals surface area contributed by atoms with E-state index in [1.165, 1.54) is 29.8 Å². The lowest BCUT2D eigenvalue weighted by Gasteiger charge is -2.32. The lowest BCUT2D eigenvalue weighted by molar-refractivity contribution is -0.137. The molecule has 0 aliphatic carbocycles. The number of nitrogens with zero attached hydrogens (tertiary/aromatic N) is 3. The van der Waals surface area contributed by atoms with Crippen LogP contribution in [0, 0.1) is 0 Å².